The molecule has 2 aromatic heterocycles. The molecule has 0 spiro atoms. The molecule has 1 saturated carbocycles. The van der Waals surface area contributed by atoms with Gasteiger partial charge in [-0.1, -0.05) is 54.4 Å². The van der Waals surface area contributed by atoms with E-state index < -0.39 is 0 Å². The van der Waals surface area contributed by atoms with Crippen LogP contribution < -0.4 is 10.6 Å². The third kappa shape index (κ3) is 5.13. The number of halogens is 1. The summed E-state index contributed by atoms with van der Waals surface area (Å²) in [7, 11) is 0. The number of nitrogens with zero attached hydrogens (tertiary/aromatic N) is 2. The van der Waals surface area contributed by atoms with Gasteiger partial charge in [-0.2, -0.15) is 9.78 Å². The van der Waals surface area contributed by atoms with Crippen LogP contribution in [0.2, 0.25) is 5.02 Å². The highest BCUT2D eigenvalue weighted by atomic mass is 35.5. The van der Waals surface area contributed by atoms with Crippen molar-refractivity contribution in [2.75, 3.05) is 5.32 Å². The summed E-state index contributed by atoms with van der Waals surface area (Å²) >= 11 is 7.67. The summed E-state index contributed by atoms with van der Waals surface area (Å²) in [6.07, 6.45) is 3.04. The Bertz CT molecular complexity index is 1670. The molecule has 3 aromatic carbocycles. The molecule has 0 aliphatic heterocycles. The average Bonchev–Trinajstić information content (AvgIpc) is 3.53. The molecule has 39 heavy (non-hydrogen) atoms. The van der Waals surface area contributed by atoms with E-state index in [1.54, 1.807) is 18.2 Å². The quantitative estimate of drug-likeness (QED) is 0.190. The molecular formula is C30H25ClN4O3S. The Hall–Kier alpha value is -4.14. The molecule has 2 amide bonds. The fraction of sp³-hybridized carbons (Fsp3) is 0.167. The van der Waals surface area contributed by atoms with Crippen LogP contribution in [-0.4, -0.2) is 26.8 Å². The van der Waals surface area contributed by atoms with Gasteiger partial charge in [-0.15, -0.1) is 11.3 Å². The highest BCUT2D eigenvalue weighted by Gasteiger charge is 2.28. The molecule has 1 aliphatic carbocycles. The highest BCUT2D eigenvalue weighted by Crippen LogP contribution is 2.39. The van der Waals surface area contributed by atoms with Gasteiger partial charge >= 0.3 is 6.03 Å². The molecule has 0 saturated heterocycles. The van der Waals surface area contributed by atoms with E-state index in [4.69, 9.17) is 11.6 Å². The van der Waals surface area contributed by atoms with E-state index in [2.05, 4.69) is 15.7 Å². The van der Waals surface area contributed by atoms with Crippen LogP contribution in [-0.2, 0) is 6.54 Å². The number of rotatable bonds is 6. The van der Waals surface area contributed by atoms with E-state index in [1.165, 1.54) is 22.1 Å². The standard InChI is InChI=1S/C30H25ClN4O3S/c31-23-10-3-1-7-20(23)17-32-30(38)35-25(18-8-5-9-18)16-24(34-35)22-15-21(12-13-26(22)36)33-29(37)28-14-19-6-2-4-11-27(19)39-28/h1-4,6-7,10-16,18,36H,5,8-9,17H2,(H,32,38)(H,33,37). The topological polar surface area (TPSA) is 96.2 Å². The maximum Gasteiger partial charge on any atom is 0.342 e. The maximum atomic E-state index is 13.2. The second-order valence-electron chi connectivity index (χ2n) is 9.58. The van der Waals surface area contributed by atoms with Crippen LogP contribution >= 0.6 is 22.9 Å². The first kappa shape index (κ1) is 25.2. The van der Waals surface area contributed by atoms with Gasteiger partial charge in [0, 0.05) is 33.4 Å². The molecule has 9 heteroatoms. The molecule has 196 valence electrons. The van der Waals surface area contributed by atoms with E-state index in [0.717, 1.165) is 40.6 Å². The number of fused-ring (bicyclic) bond motifs is 1. The number of anilines is 1. The number of nitrogens with one attached hydrogen (secondary N) is 2. The SMILES string of the molecule is O=C(Nc1ccc(O)c(-c2cc(C3CCC3)n(C(=O)NCc3ccccc3Cl)n2)c1)c1cc2ccccc2s1. The number of phenols is 1. The molecule has 1 aliphatic rings. The summed E-state index contributed by atoms with van der Waals surface area (Å²) in [5, 5.41) is 22.7. The van der Waals surface area contributed by atoms with Gasteiger partial charge in [0.1, 0.15) is 5.75 Å². The fourth-order valence-electron chi connectivity index (χ4n) is 4.68. The van der Waals surface area contributed by atoms with Gasteiger partial charge in [0.25, 0.3) is 5.91 Å². The molecule has 2 heterocycles. The van der Waals surface area contributed by atoms with Crippen molar-refractivity contribution in [3.63, 3.8) is 0 Å². The number of hydrogen-bond donors (Lipinski definition) is 3. The lowest BCUT2D eigenvalue weighted by Crippen LogP contribution is -2.31. The molecule has 0 unspecified atom stereocenters. The first-order valence-corrected chi connectivity index (χ1v) is 13.9. The van der Waals surface area contributed by atoms with Gasteiger partial charge in [0.2, 0.25) is 0 Å². The Morgan fingerprint density at radius 2 is 1.82 bits per heavy atom. The molecule has 6 rings (SSSR count). The Balaban J connectivity index is 1.26. The number of aromatic hydroxyl groups is 1. The van der Waals surface area contributed by atoms with Crippen LogP contribution in [0.15, 0.2) is 78.9 Å². The van der Waals surface area contributed by atoms with Crippen molar-refractivity contribution in [1.29, 1.82) is 0 Å². The van der Waals surface area contributed by atoms with Crippen molar-refractivity contribution in [1.82, 2.24) is 15.1 Å². The Labute approximate surface area is 234 Å². The number of thiophene rings is 1. The van der Waals surface area contributed by atoms with Crippen molar-refractivity contribution >= 4 is 50.6 Å². The minimum atomic E-state index is -0.364. The monoisotopic (exact) mass is 556 g/mol. The van der Waals surface area contributed by atoms with Crippen LogP contribution in [0.1, 0.15) is 46.1 Å². The van der Waals surface area contributed by atoms with Crippen LogP contribution in [0.3, 0.4) is 0 Å². The molecule has 3 N–H and O–H groups in total. The number of carbonyl (C=O) groups is 2. The van der Waals surface area contributed by atoms with Crippen molar-refractivity contribution < 1.29 is 14.7 Å². The normalized spacial score (nSPS) is 13.3. The largest absolute Gasteiger partial charge is 0.507 e. The van der Waals surface area contributed by atoms with Crippen LogP contribution in [0.5, 0.6) is 5.75 Å². The Morgan fingerprint density at radius 3 is 2.59 bits per heavy atom. The molecular weight excluding hydrogens is 532 g/mol. The second kappa shape index (κ2) is 10.6. The minimum absolute atomic E-state index is 0.0103. The van der Waals surface area contributed by atoms with E-state index in [-0.39, 0.29) is 30.2 Å². The molecule has 0 bridgehead atoms. The first-order chi connectivity index (χ1) is 19.0. The predicted molar refractivity (Wildman–Crippen MR) is 155 cm³/mol. The number of amides is 2. The molecule has 7 nitrogen and oxygen atoms in total. The summed E-state index contributed by atoms with van der Waals surface area (Å²) in [4.78, 5) is 26.8. The predicted octanol–water partition coefficient (Wildman–Crippen LogP) is 7.40. The number of aromatic nitrogens is 2. The number of carbonyl (C=O) groups excluding carboxylic acids is 2. The number of hydrogen-bond acceptors (Lipinski definition) is 5. The van der Waals surface area contributed by atoms with E-state index in [9.17, 15) is 14.7 Å². The van der Waals surface area contributed by atoms with Gasteiger partial charge < -0.3 is 15.7 Å². The van der Waals surface area contributed by atoms with Crippen molar-refractivity contribution in [3.8, 4) is 17.0 Å². The highest BCUT2D eigenvalue weighted by molar-refractivity contribution is 7.20. The zero-order valence-corrected chi connectivity index (χ0v) is 22.4. The summed E-state index contributed by atoms with van der Waals surface area (Å²) < 4.78 is 2.42. The molecule has 0 radical (unpaired) electrons. The van der Waals surface area contributed by atoms with Gasteiger partial charge in [-0.25, -0.2) is 4.79 Å². The van der Waals surface area contributed by atoms with Crippen LogP contribution in [0.4, 0.5) is 10.5 Å². The third-order valence-corrected chi connectivity index (χ3v) is 8.50. The van der Waals surface area contributed by atoms with Crippen molar-refractivity contribution in [2.45, 2.75) is 31.7 Å². The zero-order valence-electron chi connectivity index (χ0n) is 20.9. The summed E-state index contributed by atoms with van der Waals surface area (Å²) in [6, 6.07) is 23.4. The van der Waals surface area contributed by atoms with E-state index in [1.807, 2.05) is 54.6 Å². The molecule has 1 fully saturated rings. The lowest BCUT2D eigenvalue weighted by Gasteiger charge is -2.25. The van der Waals surface area contributed by atoms with Crippen LogP contribution in [0, 0.1) is 0 Å². The van der Waals surface area contributed by atoms with Gasteiger partial charge in [-0.05, 0) is 66.3 Å². The van der Waals surface area contributed by atoms with E-state index in [0.29, 0.717) is 26.8 Å². The first-order valence-electron chi connectivity index (χ1n) is 12.7. The average molecular weight is 557 g/mol. The zero-order chi connectivity index (χ0) is 26.9. The maximum absolute atomic E-state index is 13.2. The van der Waals surface area contributed by atoms with Crippen molar-refractivity contribution in [3.05, 3.63) is 100 Å². The van der Waals surface area contributed by atoms with Gasteiger partial charge in [0.15, 0.2) is 0 Å². The number of phenolic OH excluding ortho intramolecular Hbond substituents is 1. The number of benzene rings is 3. The Morgan fingerprint density at radius 1 is 1.03 bits per heavy atom. The lowest BCUT2D eigenvalue weighted by atomic mass is 9.82. The third-order valence-electron chi connectivity index (χ3n) is 7.02. The van der Waals surface area contributed by atoms with Gasteiger partial charge in [-0.3, -0.25) is 4.79 Å². The van der Waals surface area contributed by atoms with Crippen molar-refractivity contribution in [2.24, 2.45) is 0 Å². The summed E-state index contributed by atoms with van der Waals surface area (Å²) in [5.74, 6) is -0.000995. The molecule has 0 atom stereocenters. The smallest absolute Gasteiger partial charge is 0.342 e. The Kier molecular flexibility index (Phi) is 6.81. The van der Waals surface area contributed by atoms with E-state index >= 15 is 0 Å². The summed E-state index contributed by atoms with van der Waals surface area (Å²) in [5.41, 5.74) is 3.02. The minimum Gasteiger partial charge on any atom is -0.507 e. The fourth-order valence-corrected chi connectivity index (χ4v) is 5.84. The van der Waals surface area contributed by atoms with Crippen LogP contribution in [0.25, 0.3) is 21.3 Å². The molecule has 5 aromatic rings. The van der Waals surface area contributed by atoms with Gasteiger partial charge in [0.05, 0.1) is 16.3 Å². The lowest BCUT2D eigenvalue weighted by molar-refractivity contribution is 0.103. The summed E-state index contributed by atoms with van der Waals surface area (Å²) in [6.45, 7) is 0.266. The second-order valence-corrected chi connectivity index (χ2v) is 11.1.